The maximum absolute atomic E-state index is 13.2. The van der Waals surface area contributed by atoms with E-state index in [9.17, 15) is 4.39 Å². The van der Waals surface area contributed by atoms with Gasteiger partial charge < -0.3 is 10.6 Å². The van der Waals surface area contributed by atoms with Gasteiger partial charge in [-0.25, -0.2) is 9.37 Å². The molecule has 2 heterocycles. The van der Waals surface area contributed by atoms with Crippen molar-refractivity contribution in [3.8, 4) is 11.3 Å². The van der Waals surface area contributed by atoms with Gasteiger partial charge in [-0.2, -0.15) is 4.98 Å². The zero-order chi connectivity index (χ0) is 17.8. The summed E-state index contributed by atoms with van der Waals surface area (Å²) in [6.07, 6.45) is 3.44. The molecule has 25 heavy (non-hydrogen) atoms. The topological polar surface area (TPSA) is 62.7 Å². The predicted molar refractivity (Wildman–Crippen MR) is 98.7 cm³/mol. The van der Waals surface area contributed by atoms with Crippen molar-refractivity contribution in [2.45, 2.75) is 19.9 Å². The molecular formula is C18H17ClFN5. The largest absolute Gasteiger partial charge is 0.352 e. The number of hydrogen-bond acceptors (Lipinski definition) is 5. The maximum atomic E-state index is 13.2. The summed E-state index contributed by atoms with van der Waals surface area (Å²) < 4.78 is 13.2. The zero-order valence-electron chi connectivity index (χ0n) is 13.8. The molecule has 0 atom stereocenters. The Balaban J connectivity index is 2.00. The second-order valence-electron chi connectivity index (χ2n) is 5.75. The fourth-order valence-electron chi connectivity index (χ4n) is 2.23. The molecule has 2 aromatic heterocycles. The van der Waals surface area contributed by atoms with Crippen LogP contribution in [0, 0.1) is 5.82 Å². The number of anilines is 3. The van der Waals surface area contributed by atoms with Crippen molar-refractivity contribution >= 4 is 29.1 Å². The summed E-state index contributed by atoms with van der Waals surface area (Å²) in [6, 6.07) is 9.89. The molecule has 0 fully saturated rings. The third-order valence-electron chi connectivity index (χ3n) is 3.30. The number of rotatable bonds is 5. The van der Waals surface area contributed by atoms with Gasteiger partial charge in [-0.05, 0) is 44.2 Å². The molecular weight excluding hydrogens is 341 g/mol. The summed E-state index contributed by atoms with van der Waals surface area (Å²) in [5.41, 5.74) is 2.14. The molecule has 0 spiro atoms. The summed E-state index contributed by atoms with van der Waals surface area (Å²) in [4.78, 5) is 13.1. The summed E-state index contributed by atoms with van der Waals surface area (Å²) in [6.45, 7) is 4.01. The average Bonchev–Trinajstić information content (AvgIpc) is 2.57. The number of nitrogens with zero attached hydrogens (tertiary/aromatic N) is 3. The summed E-state index contributed by atoms with van der Waals surface area (Å²) in [5.74, 6) is 0.638. The first kappa shape index (κ1) is 17.1. The molecule has 0 saturated carbocycles. The van der Waals surface area contributed by atoms with E-state index >= 15 is 0 Å². The number of aromatic nitrogens is 3. The van der Waals surface area contributed by atoms with Crippen LogP contribution in [0.2, 0.25) is 5.02 Å². The van der Waals surface area contributed by atoms with Crippen LogP contribution in [0.4, 0.5) is 21.8 Å². The van der Waals surface area contributed by atoms with E-state index in [0.29, 0.717) is 23.1 Å². The fraction of sp³-hybridized carbons (Fsp3) is 0.167. The second-order valence-corrected chi connectivity index (χ2v) is 6.16. The van der Waals surface area contributed by atoms with Gasteiger partial charge in [-0.1, -0.05) is 11.6 Å². The third kappa shape index (κ3) is 4.42. The van der Waals surface area contributed by atoms with E-state index in [-0.39, 0.29) is 11.1 Å². The summed E-state index contributed by atoms with van der Waals surface area (Å²) in [5, 5.41) is 6.58. The van der Waals surface area contributed by atoms with Crippen LogP contribution in [-0.2, 0) is 0 Å². The van der Waals surface area contributed by atoms with Crippen molar-refractivity contribution in [1.82, 2.24) is 15.0 Å². The Bertz CT molecular complexity index is 871. The maximum Gasteiger partial charge on any atom is 0.225 e. The monoisotopic (exact) mass is 357 g/mol. The molecule has 2 N–H and O–H groups in total. The lowest BCUT2D eigenvalue weighted by Crippen LogP contribution is -2.13. The van der Waals surface area contributed by atoms with E-state index in [1.54, 1.807) is 24.5 Å². The van der Waals surface area contributed by atoms with Crippen LogP contribution in [0.5, 0.6) is 0 Å². The standard InChI is InChI=1S/C18H17ClFN5/c1-11(2)22-18-24-16(12-4-3-7-21-10-12)9-17(25-18)23-15-6-5-13(20)8-14(15)19/h3-11H,1-2H3,(H2,22,23,24,25). The SMILES string of the molecule is CC(C)Nc1nc(Nc2ccc(F)cc2Cl)cc(-c2cccnc2)n1. The van der Waals surface area contributed by atoms with Crippen molar-refractivity contribution in [2.24, 2.45) is 0 Å². The van der Waals surface area contributed by atoms with Gasteiger partial charge in [0.1, 0.15) is 11.6 Å². The van der Waals surface area contributed by atoms with E-state index in [0.717, 1.165) is 5.56 Å². The molecule has 0 saturated heterocycles. The minimum Gasteiger partial charge on any atom is -0.352 e. The van der Waals surface area contributed by atoms with Crippen LogP contribution in [0.3, 0.4) is 0 Å². The van der Waals surface area contributed by atoms with Gasteiger partial charge in [0, 0.05) is 30.1 Å². The molecule has 1 aromatic carbocycles. The predicted octanol–water partition coefficient (Wildman–Crippen LogP) is 4.90. The van der Waals surface area contributed by atoms with Crippen LogP contribution < -0.4 is 10.6 Å². The molecule has 7 heteroatoms. The highest BCUT2D eigenvalue weighted by molar-refractivity contribution is 6.33. The van der Waals surface area contributed by atoms with E-state index in [1.807, 2.05) is 26.0 Å². The minimum absolute atomic E-state index is 0.173. The molecule has 0 aliphatic carbocycles. The van der Waals surface area contributed by atoms with Crippen molar-refractivity contribution < 1.29 is 4.39 Å². The van der Waals surface area contributed by atoms with Crippen molar-refractivity contribution in [3.05, 3.63) is 59.6 Å². The third-order valence-corrected chi connectivity index (χ3v) is 3.61. The Morgan fingerprint density at radius 1 is 1.12 bits per heavy atom. The normalized spacial score (nSPS) is 10.8. The lowest BCUT2D eigenvalue weighted by atomic mass is 10.2. The zero-order valence-corrected chi connectivity index (χ0v) is 14.5. The number of halogens is 2. The Morgan fingerprint density at radius 3 is 2.64 bits per heavy atom. The first-order chi connectivity index (χ1) is 12.0. The second kappa shape index (κ2) is 7.44. The summed E-state index contributed by atoms with van der Waals surface area (Å²) in [7, 11) is 0. The Morgan fingerprint density at radius 2 is 1.96 bits per heavy atom. The molecule has 3 rings (SSSR count). The highest BCUT2D eigenvalue weighted by Crippen LogP contribution is 2.28. The fourth-order valence-corrected chi connectivity index (χ4v) is 2.44. The Hall–Kier alpha value is -2.73. The van der Waals surface area contributed by atoms with E-state index in [1.165, 1.54) is 12.1 Å². The van der Waals surface area contributed by atoms with Crippen LogP contribution in [0.25, 0.3) is 11.3 Å². The molecule has 0 unspecified atom stereocenters. The van der Waals surface area contributed by atoms with Gasteiger partial charge in [-0.3, -0.25) is 4.98 Å². The highest BCUT2D eigenvalue weighted by atomic mass is 35.5. The molecule has 0 amide bonds. The van der Waals surface area contributed by atoms with E-state index in [4.69, 9.17) is 11.6 Å². The molecule has 0 radical (unpaired) electrons. The quantitative estimate of drug-likeness (QED) is 0.680. The van der Waals surface area contributed by atoms with E-state index in [2.05, 4.69) is 25.6 Å². The van der Waals surface area contributed by atoms with Crippen molar-refractivity contribution in [1.29, 1.82) is 0 Å². The van der Waals surface area contributed by atoms with Gasteiger partial charge in [0.15, 0.2) is 0 Å². The van der Waals surface area contributed by atoms with Gasteiger partial charge in [0.2, 0.25) is 5.95 Å². The highest BCUT2D eigenvalue weighted by Gasteiger charge is 2.10. The molecule has 128 valence electrons. The first-order valence-electron chi connectivity index (χ1n) is 7.79. The first-order valence-corrected chi connectivity index (χ1v) is 8.17. The Kier molecular flexibility index (Phi) is 5.09. The lowest BCUT2D eigenvalue weighted by molar-refractivity contribution is 0.628. The van der Waals surface area contributed by atoms with Gasteiger partial charge >= 0.3 is 0 Å². The van der Waals surface area contributed by atoms with Gasteiger partial charge in [0.05, 0.1) is 16.4 Å². The minimum atomic E-state index is -0.392. The number of hydrogen-bond donors (Lipinski definition) is 2. The van der Waals surface area contributed by atoms with Crippen molar-refractivity contribution in [3.63, 3.8) is 0 Å². The lowest BCUT2D eigenvalue weighted by Gasteiger charge is -2.13. The van der Waals surface area contributed by atoms with Crippen LogP contribution >= 0.6 is 11.6 Å². The average molecular weight is 358 g/mol. The molecule has 5 nitrogen and oxygen atoms in total. The van der Waals surface area contributed by atoms with E-state index < -0.39 is 5.82 Å². The van der Waals surface area contributed by atoms with Crippen LogP contribution in [0.15, 0.2) is 48.8 Å². The number of benzene rings is 1. The van der Waals surface area contributed by atoms with Gasteiger partial charge in [-0.15, -0.1) is 0 Å². The summed E-state index contributed by atoms with van der Waals surface area (Å²) >= 11 is 6.09. The molecule has 0 aliphatic heterocycles. The van der Waals surface area contributed by atoms with Crippen LogP contribution in [-0.4, -0.2) is 21.0 Å². The molecule has 0 bridgehead atoms. The molecule has 3 aromatic rings. The molecule has 0 aliphatic rings. The number of nitrogens with one attached hydrogen (secondary N) is 2. The number of pyridine rings is 1. The van der Waals surface area contributed by atoms with Crippen LogP contribution in [0.1, 0.15) is 13.8 Å². The van der Waals surface area contributed by atoms with Gasteiger partial charge in [0.25, 0.3) is 0 Å². The Labute approximate surface area is 150 Å². The smallest absolute Gasteiger partial charge is 0.225 e. The van der Waals surface area contributed by atoms with Crippen molar-refractivity contribution in [2.75, 3.05) is 10.6 Å².